The molecular weight excluding hydrogens is 298 g/mol. The average Bonchev–Trinajstić information content (AvgIpc) is 3.18. The summed E-state index contributed by atoms with van der Waals surface area (Å²) in [6, 6.07) is 0. The van der Waals surface area contributed by atoms with Crippen molar-refractivity contribution in [1.82, 2.24) is 0 Å². The maximum absolute atomic E-state index is 12.7. The van der Waals surface area contributed by atoms with Crippen LogP contribution in [0.25, 0.3) is 0 Å². The minimum atomic E-state index is -0.929. The lowest BCUT2D eigenvalue weighted by Gasteiger charge is -2.49. The van der Waals surface area contributed by atoms with E-state index >= 15 is 0 Å². The molecule has 2 spiro atoms. The maximum Gasteiger partial charge on any atom is 0.335 e. The van der Waals surface area contributed by atoms with Gasteiger partial charge in [0.1, 0.15) is 0 Å². The SMILES string of the molecule is COC[C@]1(C)CCC2(OC(=O)[C@@]3(C[C@H]3CO)N=C2OC)C1(C)C. The highest BCUT2D eigenvalue weighted by molar-refractivity contribution is 5.99. The van der Waals surface area contributed by atoms with Crippen LogP contribution in [0.4, 0.5) is 0 Å². The largest absolute Gasteiger partial charge is 0.481 e. The van der Waals surface area contributed by atoms with Gasteiger partial charge in [0.15, 0.2) is 11.1 Å². The number of rotatable bonds is 3. The molecule has 1 unspecified atom stereocenters. The topological polar surface area (TPSA) is 77.4 Å². The third-order valence-corrected chi connectivity index (χ3v) is 6.76. The lowest BCUT2D eigenvalue weighted by Crippen LogP contribution is -2.60. The fourth-order valence-electron chi connectivity index (χ4n) is 4.43. The quantitative estimate of drug-likeness (QED) is 0.797. The summed E-state index contributed by atoms with van der Waals surface area (Å²) in [7, 11) is 3.27. The normalized spacial score (nSPS) is 44.3. The summed E-state index contributed by atoms with van der Waals surface area (Å²) >= 11 is 0. The van der Waals surface area contributed by atoms with Crippen LogP contribution in [0.3, 0.4) is 0 Å². The van der Waals surface area contributed by atoms with Crippen molar-refractivity contribution in [3.05, 3.63) is 0 Å². The standard InChI is InChI=1S/C17H27NO5/c1-14(2)15(3,10-21-4)6-7-17(14)12(22-5)18-16(13(20)23-17)8-11(16)9-19/h11,19H,6-10H2,1-5H3/t11-,15-,16-,17?/m0/s1. The summed E-state index contributed by atoms with van der Waals surface area (Å²) in [6.45, 7) is 6.86. The summed E-state index contributed by atoms with van der Waals surface area (Å²) in [5.74, 6) is -0.00246. The molecule has 0 aromatic rings. The first-order valence-electron chi connectivity index (χ1n) is 8.20. The number of hydrogen-bond acceptors (Lipinski definition) is 6. The second-order valence-corrected chi connectivity index (χ2v) is 7.96. The van der Waals surface area contributed by atoms with E-state index in [1.54, 1.807) is 14.2 Å². The van der Waals surface area contributed by atoms with Crippen molar-refractivity contribution >= 4 is 11.9 Å². The van der Waals surface area contributed by atoms with Crippen LogP contribution < -0.4 is 0 Å². The van der Waals surface area contributed by atoms with E-state index in [-0.39, 0.29) is 29.3 Å². The van der Waals surface area contributed by atoms with Gasteiger partial charge in [0.05, 0.1) is 13.7 Å². The molecule has 4 atom stereocenters. The van der Waals surface area contributed by atoms with Gasteiger partial charge in [0, 0.05) is 30.5 Å². The Bertz CT molecular complexity index is 559. The average molecular weight is 325 g/mol. The summed E-state index contributed by atoms with van der Waals surface area (Å²) in [4.78, 5) is 17.4. The Morgan fingerprint density at radius 2 is 2.00 bits per heavy atom. The zero-order valence-corrected chi connectivity index (χ0v) is 14.6. The highest BCUT2D eigenvalue weighted by Crippen LogP contribution is 2.63. The Kier molecular flexibility index (Phi) is 3.58. The minimum absolute atomic E-state index is 0.0621. The first-order valence-corrected chi connectivity index (χ1v) is 8.20. The second kappa shape index (κ2) is 4.93. The van der Waals surface area contributed by atoms with E-state index in [1.165, 1.54) is 0 Å². The molecule has 1 aliphatic heterocycles. The van der Waals surface area contributed by atoms with Crippen LogP contribution in [0.1, 0.15) is 40.0 Å². The maximum atomic E-state index is 12.7. The number of methoxy groups -OCH3 is 2. The van der Waals surface area contributed by atoms with Crippen molar-refractivity contribution in [2.24, 2.45) is 21.7 Å². The summed E-state index contributed by atoms with van der Waals surface area (Å²) in [6.07, 6.45) is 2.05. The van der Waals surface area contributed by atoms with E-state index in [1.807, 2.05) is 0 Å². The third kappa shape index (κ3) is 1.88. The molecule has 0 saturated heterocycles. The number of carbonyl (C=O) groups excluding carboxylic acids is 1. The van der Waals surface area contributed by atoms with Gasteiger partial charge >= 0.3 is 5.97 Å². The molecule has 0 bridgehead atoms. The van der Waals surface area contributed by atoms with Crippen LogP contribution in [0.2, 0.25) is 0 Å². The number of aliphatic hydroxyl groups excluding tert-OH is 1. The van der Waals surface area contributed by atoms with E-state index in [9.17, 15) is 9.90 Å². The van der Waals surface area contributed by atoms with Crippen molar-refractivity contribution in [1.29, 1.82) is 0 Å². The molecule has 3 aliphatic rings. The van der Waals surface area contributed by atoms with Crippen LogP contribution in [0.5, 0.6) is 0 Å². The van der Waals surface area contributed by atoms with Gasteiger partial charge in [-0.05, 0) is 19.3 Å². The summed E-state index contributed by atoms with van der Waals surface area (Å²) < 4.78 is 17.1. The Hall–Kier alpha value is -1.14. The van der Waals surface area contributed by atoms with Gasteiger partial charge in [-0.1, -0.05) is 20.8 Å². The predicted molar refractivity (Wildman–Crippen MR) is 84.2 cm³/mol. The van der Waals surface area contributed by atoms with Crippen LogP contribution in [-0.4, -0.2) is 55.5 Å². The number of nitrogens with zero attached hydrogens (tertiary/aromatic N) is 1. The molecule has 130 valence electrons. The van der Waals surface area contributed by atoms with Crippen molar-refractivity contribution < 1.29 is 24.1 Å². The monoisotopic (exact) mass is 325 g/mol. The molecular formula is C17H27NO5. The summed E-state index contributed by atoms with van der Waals surface area (Å²) in [5.41, 5.74) is -2.32. The van der Waals surface area contributed by atoms with Crippen molar-refractivity contribution in [2.45, 2.75) is 51.2 Å². The minimum Gasteiger partial charge on any atom is -0.481 e. The molecule has 6 heteroatoms. The zero-order valence-electron chi connectivity index (χ0n) is 14.6. The van der Waals surface area contributed by atoms with E-state index < -0.39 is 11.1 Å². The molecule has 2 saturated carbocycles. The molecule has 2 fully saturated rings. The van der Waals surface area contributed by atoms with Gasteiger partial charge < -0.3 is 19.3 Å². The first-order chi connectivity index (χ1) is 10.7. The highest BCUT2D eigenvalue weighted by Gasteiger charge is 2.73. The van der Waals surface area contributed by atoms with Gasteiger partial charge in [-0.3, -0.25) is 0 Å². The van der Waals surface area contributed by atoms with E-state index in [4.69, 9.17) is 14.2 Å². The Morgan fingerprint density at radius 3 is 2.52 bits per heavy atom. The van der Waals surface area contributed by atoms with Crippen LogP contribution >= 0.6 is 0 Å². The lowest BCUT2D eigenvalue weighted by molar-refractivity contribution is -0.174. The van der Waals surface area contributed by atoms with Crippen LogP contribution in [0.15, 0.2) is 4.99 Å². The zero-order chi connectivity index (χ0) is 17.1. The molecule has 2 aliphatic carbocycles. The number of hydrogen-bond donors (Lipinski definition) is 1. The van der Waals surface area contributed by atoms with E-state index in [0.717, 1.165) is 6.42 Å². The van der Waals surface area contributed by atoms with Gasteiger partial charge in [0.2, 0.25) is 5.90 Å². The smallest absolute Gasteiger partial charge is 0.335 e. The van der Waals surface area contributed by atoms with Crippen molar-refractivity contribution in [3.8, 4) is 0 Å². The number of ether oxygens (including phenoxy) is 3. The number of carbonyl (C=O) groups is 1. The van der Waals surface area contributed by atoms with Crippen LogP contribution in [-0.2, 0) is 19.0 Å². The molecule has 0 aromatic carbocycles. The van der Waals surface area contributed by atoms with E-state index in [0.29, 0.717) is 25.3 Å². The second-order valence-electron chi connectivity index (χ2n) is 7.96. The molecule has 6 nitrogen and oxygen atoms in total. The lowest BCUT2D eigenvalue weighted by atomic mass is 9.63. The molecule has 3 rings (SSSR count). The molecule has 0 aromatic heterocycles. The Morgan fingerprint density at radius 1 is 1.30 bits per heavy atom. The van der Waals surface area contributed by atoms with Gasteiger partial charge in [0.25, 0.3) is 0 Å². The van der Waals surface area contributed by atoms with Crippen LogP contribution in [0, 0.1) is 16.7 Å². The van der Waals surface area contributed by atoms with Crippen molar-refractivity contribution in [2.75, 3.05) is 27.4 Å². The summed E-state index contributed by atoms with van der Waals surface area (Å²) in [5, 5.41) is 9.38. The number of esters is 1. The van der Waals surface area contributed by atoms with Gasteiger partial charge in [-0.25, -0.2) is 9.79 Å². The molecule has 1 heterocycles. The predicted octanol–water partition coefficient (Wildman–Crippen LogP) is 1.55. The van der Waals surface area contributed by atoms with E-state index in [2.05, 4.69) is 25.8 Å². The fraction of sp³-hybridized carbons (Fsp3) is 0.882. The highest BCUT2D eigenvalue weighted by atomic mass is 16.6. The Labute approximate surface area is 137 Å². The third-order valence-electron chi connectivity index (χ3n) is 6.76. The molecule has 0 radical (unpaired) electrons. The van der Waals surface area contributed by atoms with Crippen molar-refractivity contribution in [3.63, 3.8) is 0 Å². The molecule has 1 N–H and O–H groups in total. The Balaban J connectivity index is 2.05. The molecule has 0 amide bonds. The molecule has 23 heavy (non-hydrogen) atoms. The number of aliphatic imine (C=N–C) groups is 1. The van der Waals surface area contributed by atoms with Gasteiger partial charge in [-0.2, -0.15) is 0 Å². The van der Waals surface area contributed by atoms with Gasteiger partial charge in [-0.15, -0.1) is 0 Å². The first kappa shape index (κ1) is 16.7. The fourth-order valence-corrected chi connectivity index (χ4v) is 4.43. The number of aliphatic hydroxyl groups is 1.